The number of carbonyl (C=O) groups is 1. The minimum absolute atomic E-state index is 0.0971. The number of hydrogen-bond donors (Lipinski definition) is 0. The van der Waals surface area contributed by atoms with Gasteiger partial charge in [-0.05, 0) is 78.9 Å². The molecule has 5 rings (SSSR count). The molecule has 3 saturated carbocycles. The van der Waals surface area contributed by atoms with Crippen LogP contribution in [0.15, 0.2) is 11.6 Å². The van der Waals surface area contributed by atoms with Crippen LogP contribution in [-0.2, 0) is 14.3 Å². The molecule has 29 heavy (non-hydrogen) atoms. The van der Waals surface area contributed by atoms with Gasteiger partial charge in [0, 0.05) is 18.8 Å². The van der Waals surface area contributed by atoms with Crippen molar-refractivity contribution in [1.29, 1.82) is 0 Å². The van der Waals surface area contributed by atoms with E-state index in [4.69, 9.17) is 9.47 Å². The Morgan fingerprint density at radius 3 is 2.62 bits per heavy atom. The highest BCUT2D eigenvalue weighted by Crippen LogP contribution is 2.66. The molecule has 162 valence electrons. The molecule has 0 amide bonds. The number of ketones is 1. The van der Waals surface area contributed by atoms with Crippen molar-refractivity contribution in [2.75, 3.05) is 13.2 Å². The van der Waals surface area contributed by atoms with E-state index in [1.807, 2.05) is 0 Å². The highest BCUT2D eigenvalue weighted by molar-refractivity contribution is 5.85. The van der Waals surface area contributed by atoms with Crippen LogP contribution in [0.25, 0.3) is 0 Å². The molecule has 3 heteroatoms. The SMILES string of the molecule is C[C@H]1CC[C@@]2(C)C(=CC[C@@H]3[C@@H]2CC[C@]2(C)C([C@H](C)CC4OCCO4)C(=O)C[C@@H]32)C1. The summed E-state index contributed by atoms with van der Waals surface area (Å²) in [6, 6.07) is 0. The molecule has 1 saturated heterocycles. The van der Waals surface area contributed by atoms with Crippen LogP contribution in [0.5, 0.6) is 0 Å². The number of rotatable bonds is 3. The van der Waals surface area contributed by atoms with Crippen LogP contribution < -0.4 is 0 Å². The lowest BCUT2D eigenvalue weighted by Crippen LogP contribution is -2.50. The fourth-order valence-electron chi connectivity index (χ4n) is 8.62. The first-order valence-corrected chi connectivity index (χ1v) is 12.3. The van der Waals surface area contributed by atoms with Gasteiger partial charge >= 0.3 is 0 Å². The fraction of sp³-hybridized carbons (Fsp3) is 0.885. The molecule has 0 radical (unpaired) electrons. The van der Waals surface area contributed by atoms with Gasteiger partial charge in [0.1, 0.15) is 5.78 Å². The van der Waals surface area contributed by atoms with Crippen molar-refractivity contribution >= 4 is 5.78 Å². The van der Waals surface area contributed by atoms with Gasteiger partial charge in [0.15, 0.2) is 6.29 Å². The molecule has 0 bridgehead atoms. The zero-order chi connectivity index (χ0) is 20.4. The van der Waals surface area contributed by atoms with Crippen LogP contribution in [0.4, 0.5) is 0 Å². The number of hydrogen-bond acceptors (Lipinski definition) is 3. The number of carbonyl (C=O) groups excluding carboxylic acids is 1. The zero-order valence-corrected chi connectivity index (χ0v) is 18.9. The molecular weight excluding hydrogens is 360 g/mol. The van der Waals surface area contributed by atoms with E-state index >= 15 is 0 Å². The lowest BCUT2D eigenvalue weighted by molar-refractivity contribution is -0.127. The summed E-state index contributed by atoms with van der Waals surface area (Å²) in [6.07, 6.45) is 12.0. The average molecular weight is 401 g/mol. The zero-order valence-electron chi connectivity index (χ0n) is 18.9. The van der Waals surface area contributed by atoms with Gasteiger partial charge in [-0.15, -0.1) is 0 Å². The molecule has 0 aromatic carbocycles. The third-order valence-corrected chi connectivity index (χ3v) is 10.1. The summed E-state index contributed by atoms with van der Waals surface area (Å²) in [5, 5.41) is 0. The Morgan fingerprint density at radius 2 is 1.86 bits per heavy atom. The smallest absolute Gasteiger partial charge is 0.158 e. The second kappa shape index (κ2) is 7.19. The Hall–Kier alpha value is -0.670. The highest BCUT2D eigenvalue weighted by atomic mass is 16.7. The van der Waals surface area contributed by atoms with E-state index in [0.29, 0.717) is 42.2 Å². The molecule has 8 atom stereocenters. The summed E-state index contributed by atoms with van der Waals surface area (Å²) in [7, 11) is 0. The summed E-state index contributed by atoms with van der Waals surface area (Å²) in [4.78, 5) is 13.3. The summed E-state index contributed by atoms with van der Waals surface area (Å²) in [6.45, 7) is 11.1. The predicted molar refractivity (Wildman–Crippen MR) is 114 cm³/mol. The van der Waals surface area contributed by atoms with Crippen molar-refractivity contribution in [1.82, 2.24) is 0 Å². The monoisotopic (exact) mass is 400 g/mol. The van der Waals surface area contributed by atoms with Gasteiger partial charge in [-0.2, -0.15) is 0 Å². The molecule has 5 aliphatic rings. The van der Waals surface area contributed by atoms with Crippen molar-refractivity contribution < 1.29 is 14.3 Å². The molecule has 0 aromatic heterocycles. The van der Waals surface area contributed by atoms with E-state index in [9.17, 15) is 4.79 Å². The van der Waals surface area contributed by atoms with Crippen molar-refractivity contribution in [3.8, 4) is 0 Å². The molecule has 1 aliphatic heterocycles. The number of fused-ring (bicyclic) bond motifs is 5. The van der Waals surface area contributed by atoms with Crippen LogP contribution in [0.3, 0.4) is 0 Å². The molecule has 1 heterocycles. The Morgan fingerprint density at radius 1 is 1.10 bits per heavy atom. The van der Waals surface area contributed by atoms with Gasteiger partial charge in [-0.25, -0.2) is 0 Å². The van der Waals surface area contributed by atoms with Crippen molar-refractivity contribution in [3.63, 3.8) is 0 Å². The molecule has 3 nitrogen and oxygen atoms in total. The molecule has 4 fully saturated rings. The fourth-order valence-corrected chi connectivity index (χ4v) is 8.62. The van der Waals surface area contributed by atoms with Gasteiger partial charge in [0.25, 0.3) is 0 Å². The summed E-state index contributed by atoms with van der Waals surface area (Å²) < 4.78 is 11.4. The Labute approximate surface area is 177 Å². The number of Topliss-reactive ketones (excluding diaryl/α,β-unsaturated/α-hetero) is 1. The minimum atomic E-state index is -0.0971. The predicted octanol–water partition coefficient (Wildman–Crippen LogP) is 5.78. The van der Waals surface area contributed by atoms with E-state index in [1.54, 1.807) is 5.57 Å². The molecule has 0 aromatic rings. The lowest BCUT2D eigenvalue weighted by Gasteiger charge is -2.58. The van der Waals surface area contributed by atoms with Crippen LogP contribution in [0.2, 0.25) is 0 Å². The molecule has 0 N–H and O–H groups in total. The first-order chi connectivity index (χ1) is 13.8. The molecular formula is C26H40O3. The maximum absolute atomic E-state index is 13.3. The molecule has 4 aliphatic carbocycles. The maximum atomic E-state index is 13.3. The van der Waals surface area contributed by atoms with Gasteiger partial charge in [-0.3, -0.25) is 4.79 Å². The van der Waals surface area contributed by atoms with Crippen LogP contribution in [0, 0.1) is 46.3 Å². The van der Waals surface area contributed by atoms with E-state index in [0.717, 1.165) is 24.7 Å². The first kappa shape index (κ1) is 20.2. The van der Waals surface area contributed by atoms with Crippen LogP contribution in [-0.4, -0.2) is 25.3 Å². The number of allylic oxidation sites excluding steroid dienone is 2. The van der Waals surface area contributed by atoms with Crippen molar-refractivity contribution in [2.24, 2.45) is 46.3 Å². The van der Waals surface area contributed by atoms with E-state index < -0.39 is 0 Å². The van der Waals surface area contributed by atoms with Gasteiger partial charge in [-0.1, -0.05) is 39.3 Å². The highest BCUT2D eigenvalue weighted by Gasteiger charge is 2.61. The Bertz CT molecular complexity index is 692. The Kier molecular flexibility index (Phi) is 5.02. The largest absolute Gasteiger partial charge is 0.350 e. The summed E-state index contributed by atoms with van der Waals surface area (Å²) >= 11 is 0. The third-order valence-electron chi connectivity index (χ3n) is 10.1. The van der Waals surface area contributed by atoms with E-state index in [2.05, 4.69) is 33.8 Å². The first-order valence-electron chi connectivity index (χ1n) is 12.3. The Balaban J connectivity index is 1.39. The van der Waals surface area contributed by atoms with Crippen molar-refractivity contribution in [2.45, 2.75) is 85.4 Å². The summed E-state index contributed by atoms with van der Waals surface area (Å²) in [5.41, 5.74) is 2.32. The lowest BCUT2D eigenvalue weighted by atomic mass is 9.46. The summed E-state index contributed by atoms with van der Waals surface area (Å²) in [5.74, 6) is 3.97. The van der Waals surface area contributed by atoms with Crippen LogP contribution >= 0.6 is 0 Å². The topological polar surface area (TPSA) is 35.5 Å². The third kappa shape index (κ3) is 3.09. The number of ether oxygens (including phenoxy) is 2. The molecule has 0 spiro atoms. The maximum Gasteiger partial charge on any atom is 0.158 e. The second-order valence-electron chi connectivity index (χ2n) is 11.7. The minimum Gasteiger partial charge on any atom is -0.350 e. The van der Waals surface area contributed by atoms with Gasteiger partial charge < -0.3 is 9.47 Å². The van der Waals surface area contributed by atoms with Crippen LogP contribution in [0.1, 0.15) is 79.1 Å². The van der Waals surface area contributed by atoms with Crippen molar-refractivity contribution in [3.05, 3.63) is 11.6 Å². The van der Waals surface area contributed by atoms with E-state index in [-0.39, 0.29) is 17.6 Å². The average Bonchev–Trinajstić information content (AvgIpc) is 3.26. The van der Waals surface area contributed by atoms with E-state index in [1.165, 1.54) is 38.5 Å². The standard InChI is InChI=1S/C26H40O3/c1-16-7-9-25(3)18(13-16)5-6-19-20(25)8-10-26(4)21(19)15-22(27)24(26)17(2)14-23-28-11-12-29-23/h5,16-17,19-21,23-24H,6-15H2,1-4H3/t16-,17+,19+,20-,21-,24?,25-,26-/m0/s1. The van der Waals surface area contributed by atoms with Gasteiger partial charge in [0.05, 0.1) is 13.2 Å². The second-order valence-corrected chi connectivity index (χ2v) is 11.7. The quantitative estimate of drug-likeness (QED) is 0.563. The molecule has 1 unspecified atom stereocenters. The van der Waals surface area contributed by atoms with Gasteiger partial charge in [0.2, 0.25) is 0 Å². The normalized spacial score (nSPS) is 48.6.